The largest absolute Gasteiger partial charge is 0.494 e. The molecule has 0 N–H and O–H groups in total. The van der Waals surface area contributed by atoms with Crippen LogP contribution in [0.4, 0.5) is 4.39 Å². The van der Waals surface area contributed by atoms with Crippen LogP contribution in [-0.4, -0.2) is 12.4 Å². The Morgan fingerprint density at radius 3 is 2.43 bits per heavy atom. The molecule has 112 valence electrons. The molecule has 2 nitrogen and oxygen atoms in total. The van der Waals surface area contributed by atoms with Crippen molar-refractivity contribution in [2.24, 2.45) is 0 Å². The van der Waals surface area contributed by atoms with Gasteiger partial charge < -0.3 is 4.74 Å². The van der Waals surface area contributed by atoms with E-state index in [1.165, 1.54) is 30.3 Å². The van der Waals surface area contributed by atoms with Crippen LogP contribution in [0.1, 0.15) is 37.0 Å². The molecule has 0 spiro atoms. The first-order valence-electron chi connectivity index (χ1n) is 7.08. The number of allylic oxidation sites excluding steroid dienone is 4. The number of ether oxygens (including phenoxy) is 1. The quantitative estimate of drug-likeness (QED) is 0.296. The van der Waals surface area contributed by atoms with E-state index in [0.29, 0.717) is 17.9 Å². The van der Waals surface area contributed by atoms with Crippen molar-refractivity contribution in [1.82, 2.24) is 0 Å². The van der Waals surface area contributed by atoms with Crippen molar-refractivity contribution >= 4 is 5.78 Å². The molecule has 0 aliphatic carbocycles. The van der Waals surface area contributed by atoms with Gasteiger partial charge in [0.1, 0.15) is 11.6 Å². The summed E-state index contributed by atoms with van der Waals surface area (Å²) in [4.78, 5) is 12.0. The Labute approximate surface area is 125 Å². The van der Waals surface area contributed by atoms with Gasteiger partial charge in [0.25, 0.3) is 0 Å². The van der Waals surface area contributed by atoms with Crippen LogP contribution in [0.2, 0.25) is 0 Å². The second-order valence-electron chi connectivity index (χ2n) is 4.48. The Hall–Kier alpha value is -2.16. The summed E-state index contributed by atoms with van der Waals surface area (Å²) in [6.45, 7) is 8.25. The molecular formula is C18H21FO2. The Kier molecular flexibility index (Phi) is 7.16. The van der Waals surface area contributed by atoms with E-state index < -0.39 is 0 Å². The van der Waals surface area contributed by atoms with E-state index in [2.05, 4.69) is 13.5 Å². The summed E-state index contributed by atoms with van der Waals surface area (Å²) >= 11 is 0. The van der Waals surface area contributed by atoms with Crippen molar-refractivity contribution < 1.29 is 13.9 Å². The van der Waals surface area contributed by atoms with Gasteiger partial charge in [0.15, 0.2) is 5.78 Å². The topological polar surface area (TPSA) is 26.3 Å². The highest BCUT2D eigenvalue weighted by Crippen LogP contribution is 2.16. The maximum Gasteiger partial charge on any atom is 0.185 e. The zero-order valence-electron chi connectivity index (χ0n) is 12.6. The van der Waals surface area contributed by atoms with Crippen LogP contribution in [0, 0.1) is 5.82 Å². The third kappa shape index (κ3) is 5.38. The lowest BCUT2D eigenvalue weighted by atomic mass is 10.1. The van der Waals surface area contributed by atoms with Gasteiger partial charge in [0.05, 0.1) is 6.61 Å². The Morgan fingerprint density at radius 2 is 1.90 bits per heavy atom. The smallest absolute Gasteiger partial charge is 0.185 e. The maximum absolute atomic E-state index is 12.8. The second kappa shape index (κ2) is 8.90. The molecule has 1 rings (SSSR count). The lowest BCUT2D eigenvalue weighted by molar-refractivity contribution is 0.104. The lowest BCUT2D eigenvalue weighted by Gasteiger charge is -2.09. The number of hydrogen-bond acceptors (Lipinski definition) is 2. The molecule has 1 aromatic rings. The van der Waals surface area contributed by atoms with Crippen molar-refractivity contribution in [2.75, 3.05) is 6.61 Å². The summed E-state index contributed by atoms with van der Waals surface area (Å²) < 4.78 is 18.3. The number of halogens is 1. The maximum atomic E-state index is 12.8. The summed E-state index contributed by atoms with van der Waals surface area (Å²) in [7, 11) is 0. The van der Waals surface area contributed by atoms with Crippen LogP contribution in [0.5, 0.6) is 0 Å². The monoisotopic (exact) mass is 288 g/mol. The van der Waals surface area contributed by atoms with Gasteiger partial charge >= 0.3 is 0 Å². The highest BCUT2D eigenvalue weighted by Gasteiger charge is 2.05. The molecule has 0 bridgehead atoms. The minimum Gasteiger partial charge on any atom is -0.494 e. The number of carbonyl (C=O) groups is 1. The molecule has 0 aliphatic heterocycles. The molecule has 0 heterocycles. The van der Waals surface area contributed by atoms with Gasteiger partial charge in [0, 0.05) is 5.56 Å². The van der Waals surface area contributed by atoms with Crippen LogP contribution in [-0.2, 0) is 4.74 Å². The van der Waals surface area contributed by atoms with Gasteiger partial charge in [-0.05, 0) is 55.3 Å². The molecule has 0 radical (unpaired) electrons. The molecular weight excluding hydrogens is 267 g/mol. The number of ketones is 1. The molecule has 0 saturated heterocycles. The standard InChI is InChI=1S/C18H21FO2/c1-4-7-15(18(5-2)21-6-3)10-13-17(20)14-8-11-16(19)12-9-14/h5,8-13H,2,4,6-7H2,1,3H3/b13-10+,18-15+. The molecule has 21 heavy (non-hydrogen) atoms. The molecule has 0 amide bonds. The Morgan fingerprint density at radius 1 is 1.24 bits per heavy atom. The van der Waals surface area contributed by atoms with Crippen molar-refractivity contribution in [3.8, 4) is 0 Å². The molecule has 0 fully saturated rings. The van der Waals surface area contributed by atoms with Crippen LogP contribution < -0.4 is 0 Å². The van der Waals surface area contributed by atoms with Gasteiger partial charge in [-0.2, -0.15) is 0 Å². The fourth-order valence-electron chi connectivity index (χ4n) is 1.88. The SMILES string of the molecule is C=C/C(OCC)=C(\C=C\C(=O)c1ccc(F)cc1)CCC. The van der Waals surface area contributed by atoms with E-state index in [-0.39, 0.29) is 11.6 Å². The molecule has 1 aromatic carbocycles. The molecule has 0 saturated carbocycles. The number of benzene rings is 1. The Bertz CT molecular complexity index is 539. The van der Waals surface area contributed by atoms with Gasteiger partial charge in [-0.3, -0.25) is 4.79 Å². The van der Waals surface area contributed by atoms with Crippen LogP contribution in [0.25, 0.3) is 0 Å². The van der Waals surface area contributed by atoms with Crippen molar-refractivity contribution in [1.29, 1.82) is 0 Å². The van der Waals surface area contributed by atoms with E-state index >= 15 is 0 Å². The van der Waals surface area contributed by atoms with E-state index in [0.717, 1.165) is 18.4 Å². The minimum atomic E-state index is -0.354. The summed E-state index contributed by atoms with van der Waals surface area (Å²) in [5, 5.41) is 0. The summed E-state index contributed by atoms with van der Waals surface area (Å²) in [6.07, 6.45) is 6.63. The van der Waals surface area contributed by atoms with E-state index in [4.69, 9.17) is 4.74 Å². The fourth-order valence-corrected chi connectivity index (χ4v) is 1.88. The van der Waals surface area contributed by atoms with Crippen molar-refractivity contribution in [3.63, 3.8) is 0 Å². The first kappa shape index (κ1) is 16.9. The van der Waals surface area contributed by atoms with Crippen LogP contribution in [0.3, 0.4) is 0 Å². The van der Waals surface area contributed by atoms with Gasteiger partial charge in [0.2, 0.25) is 0 Å². The normalized spacial score (nSPS) is 12.1. The zero-order chi connectivity index (χ0) is 15.7. The molecule has 0 aromatic heterocycles. The molecule has 3 heteroatoms. The first-order chi connectivity index (χ1) is 10.1. The Balaban J connectivity index is 2.94. The number of carbonyl (C=O) groups excluding carboxylic acids is 1. The van der Waals surface area contributed by atoms with E-state index in [9.17, 15) is 9.18 Å². The van der Waals surface area contributed by atoms with Gasteiger partial charge in [-0.25, -0.2) is 4.39 Å². The fraction of sp³-hybridized carbons (Fsp3) is 0.278. The van der Waals surface area contributed by atoms with Crippen molar-refractivity contribution in [2.45, 2.75) is 26.7 Å². The molecule has 0 atom stereocenters. The van der Waals surface area contributed by atoms with Gasteiger partial charge in [-0.1, -0.05) is 26.0 Å². The third-order valence-corrected chi connectivity index (χ3v) is 2.89. The number of rotatable bonds is 8. The predicted molar refractivity (Wildman–Crippen MR) is 83.6 cm³/mol. The highest BCUT2D eigenvalue weighted by molar-refractivity contribution is 6.04. The summed E-state index contributed by atoms with van der Waals surface area (Å²) in [6, 6.07) is 5.50. The molecule has 0 unspecified atom stereocenters. The predicted octanol–water partition coefficient (Wildman–Crippen LogP) is 4.84. The second-order valence-corrected chi connectivity index (χ2v) is 4.48. The van der Waals surface area contributed by atoms with E-state index in [1.807, 2.05) is 6.92 Å². The minimum absolute atomic E-state index is 0.163. The zero-order valence-corrected chi connectivity index (χ0v) is 12.6. The van der Waals surface area contributed by atoms with E-state index in [1.54, 1.807) is 12.2 Å². The third-order valence-electron chi connectivity index (χ3n) is 2.89. The summed E-state index contributed by atoms with van der Waals surface area (Å²) in [5.74, 6) is 0.179. The van der Waals surface area contributed by atoms with Crippen LogP contribution in [0.15, 0.2) is 60.4 Å². The summed E-state index contributed by atoms with van der Waals surface area (Å²) in [5.41, 5.74) is 1.39. The lowest BCUT2D eigenvalue weighted by Crippen LogP contribution is -1.97. The highest BCUT2D eigenvalue weighted by atomic mass is 19.1. The average Bonchev–Trinajstić information content (AvgIpc) is 2.49. The van der Waals surface area contributed by atoms with Crippen LogP contribution >= 0.6 is 0 Å². The molecule has 0 aliphatic rings. The van der Waals surface area contributed by atoms with Gasteiger partial charge in [-0.15, -0.1) is 0 Å². The number of hydrogen-bond donors (Lipinski definition) is 0. The average molecular weight is 288 g/mol. The van der Waals surface area contributed by atoms with Crippen molar-refractivity contribution in [3.05, 3.63) is 71.8 Å². The first-order valence-corrected chi connectivity index (χ1v) is 7.08.